The third-order valence-electron chi connectivity index (χ3n) is 0.880. The Balaban J connectivity index is 3.71. The van der Waals surface area contributed by atoms with Crippen LogP contribution in [0.1, 0.15) is 13.8 Å². The summed E-state index contributed by atoms with van der Waals surface area (Å²) in [5, 5.41) is 0. The zero-order valence-corrected chi connectivity index (χ0v) is 7.13. The second-order valence-corrected chi connectivity index (χ2v) is 1.77. The Bertz CT molecular complexity index is 169. The molecule has 0 bridgehead atoms. The van der Waals surface area contributed by atoms with Crippen LogP contribution < -0.4 is 10.9 Å². The van der Waals surface area contributed by atoms with Crippen LogP contribution in [0.3, 0.4) is 0 Å². The van der Waals surface area contributed by atoms with E-state index in [1.165, 1.54) is 0 Å². The van der Waals surface area contributed by atoms with E-state index in [0.29, 0.717) is 0 Å². The van der Waals surface area contributed by atoms with Crippen molar-refractivity contribution in [3.63, 3.8) is 0 Å². The highest BCUT2D eigenvalue weighted by atomic mass is 15.3. The van der Waals surface area contributed by atoms with Gasteiger partial charge in [-0.15, -0.1) is 0 Å². The quantitative estimate of drug-likeness (QED) is 0.357. The van der Waals surface area contributed by atoms with Gasteiger partial charge in [0.2, 0.25) is 0 Å². The van der Waals surface area contributed by atoms with Crippen LogP contribution in [-0.4, -0.2) is 19.1 Å². The van der Waals surface area contributed by atoms with Gasteiger partial charge in [-0.3, -0.25) is 0 Å². The normalized spacial score (nSPS) is 13.2. The lowest BCUT2D eigenvalue weighted by atomic mass is 10.7. The Hall–Kier alpha value is -1.16. The van der Waals surface area contributed by atoms with E-state index in [1.807, 2.05) is 13.8 Å². The van der Waals surface area contributed by atoms with Gasteiger partial charge in [-0.1, -0.05) is 0 Å². The van der Waals surface area contributed by atoms with Gasteiger partial charge in [-0.05, 0) is 13.8 Å². The summed E-state index contributed by atoms with van der Waals surface area (Å²) in [4.78, 5) is 7.93. The standard InChI is InChI=1S/C7H14N4/c1-4-9-7(2)10-5-6-11-8-3/h4-6,8,11H,1-3H3/b6-5-,9-4?,10-7?. The second-order valence-electron chi connectivity index (χ2n) is 1.77. The minimum atomic E-state index is 0.738. The third-order valence-corrected chi connectivity index (χ3v) is 0.880. The monoisotopic (exact) mass is 154 g/mol. The van der Waals surface area contributed by atoms with Gasteiger partial charge < -0.3 is 5.43 Å². The fraction of sp³-hybridized carbons (Fsp3) is 0.429. The predicted molar refractivity (Wildman–Crippen MR) is 48.6 cm³/mol. The van der Waals surface area contributed by atoms with Crippen LogP contribution in [0, 0.1) is 0 Å². The fourth-order valence-electron chi connectivity index (χ4n) is 0.486. The van der Waals surface area contributed by atoms with Gasteiger partial charge in [0, 0.05) is 25.7 Å². The van der Waals surface area contributed by atoms with Crippen LogP contribution in [0.2, 0.25) is 0 Å². The van der Waals surface area contributed by atoms with Crippen molar-refractivity contribution in [2.45, 2.75) is 13.8 Å². The number of nitrogens with one attached hydrogen (secondary N) is 2. The molecule has 2 N–H and O–H groups in total. The molecule has 0 aliphatic heterocycles. The summed E-state index contributed by atoms with van der Waals surface area (Å²) in [6, 6.07) is 0. The van der Waals surface area contributed by atoms with Crippen LogP contribution in [0.15, 0.2) is 22.4 Å². The molecule has 0 aromatic carbocycles. The van der Waals surface area contributed by atoms with Gasteiger partial charge in [-0.25, -0.2) is 15.4 Å². The van der Waals surface area contributed by atoms with Gasteiger partial charge in [0.25, 0.3) is 0 Å². The topological polar surface area (TPSA) is 48.8 Å². The Labute approximate surface area is 67.1 Å². The molecule has 0 aliphatic carbocycles. The van der Waals surface area contributed by atoms with Crippen molar-refractivity contribution in [3.8, 4) is 0 Å². The minimum Gasteiger partial charge on any atom is -0.327 e. The lowest BCUT2D eigenvalue weighted by Gasteiger charge is -1.91. The Morgan fingerprint density at radius 3 is 2.73 bits per heavy atom. The highest BCUT2D eigenvalue weighted by Crippen LogP contribution is 1.79. The van der Waals surface area contributed by atoms with Crippen LogP contribution >= 0.6 is 0 Å². The Morgan fingerprint density at radius 1 is 1.45 bits per heavy atom. The summed E-state index contributed by atoms with van der Waals surface area (Å²) in [7, 11) is 1.78. The molecule has 0 saturated heterocycles. The second kappa shape index (κ2) is 6.95. The van der Waals surface area contributed by atoms with E-state index in [9.17, 15) is 0 Å². The predicted octanol–water partition coefficient (Wildman–Crippen LogP) is 0.691. The molecule has 0 amide bonds. The molecule has 0 saturated carbocycles. The van der Waals surface area contributed by atoms with Crippen molar-refractivity contribution < 1.29 is 0 Å². The molecule has 62 valence electrons. The molecule has 0 heterocycles. The zero-order valence-electron chi connectivity index (χ0n) is 7.13. The van der Waals surface area contributed by atoms with E-state index < -0.39 is 0 Å². The van der Waals surface area contributed by atoms with E-state index >= 15 is 0 Å². The van der Waals surface area contributed by atoms with Crippen molar-refractivity contribution in [2.75, 3.05) is 7.05 Å². The number of hydrogen-bond acceptors (Lipinski definition) is 3. The van der Waals surface area contributed by atoms with Crippen molar-refractivity contribution in [1.29, 1.82) is 0 Å². The summed E-state index contributed by atoms with van der Waals surface area (Å²) in [5.41, 5.74) is 5.49. The molecule has 0 unspecified atom stereocenters. The maximum Gasteiger partial charge on any atom is 0.124 e. The van der Waals surface area contributed by atoms with Crippen molar-refractivity contribution >= 4 is 12.1 Å². The average molecular weight is 154 g/mol. The molecule has 4 nitrogen and oxygen atoms in total. The van der Waals surface area contributed by atoms with Gasteiger partial charge >= 0.3 is 0 Å². The molecule has 0 rings (SSSR count). The number of rotatable bonds is 3. The number of hydrazine groups is 1. The number of amidine groups is 1. The maximum atomic E-state index is 3.99. The van der Waals surface area contributed by atoms with E-state index in [2.05, 4.69) is 20.8 Å². The molecular formula is C7H14N4. The lowest BCUT2D eigenvalue weighted by Crippen LogP contribution is -2.20. The summed E-state index contributed by atoms with van der Waals surface area (Å²) in [6.45, 7) is 3.69. The molecule has 4 heteroatoms. The van der Waals surface area contributed by atoms with Crippen LogP contribution in [0.4, 0.5) is 0 Å². The molecule has 0 radical (unpaired) electrons. The number of hydrogen-bond donors (Lipinski definition) is 2. The fourth-order valence-corrected chi connectivity index (χ4v) is 0.486. The van der Waals surface area contributed by atoms with Crippen LogP contribution in [0.25, 0.3) is 0 Å². The molecular weight excluding hydrogens is 140 g/mol. The largest absolute Gasteiger partial charge is 0.327 e. The number of nitrogens with zero attached hydrogens (tertiary/aromatic N) is 2. The lowest BCUT2D eigenvalue weighted by molar-refractivity contribution is 0.729. The van der Waals surface area contributed by atoms with E-state index in [-0.39, 0.29) is 0 Å². The summed E-state index contributed by atoms with van der Waals surface area (Å²) < 4.78 is 0. The first-order valence-corrected chi connectivity index (χ1v) is 3.41. The zero-order chi connectivity index (χ0) is 8.53. The first-order valence-electron chi connectivity index (χ1n) is 3.41. The first-order chi connectivity index (χ1) is 5.31. The van der Waals surface area contributed by atoms with Crippen molar-refractivity contribution in [3.05, 3.63) is 12.4 Å². The molecule has 0 fully saturated rings. The molecule has 0 atom stereocenters. The van der Waals surface area contributed by atoms with Gasteiger partial charge in [0.05, 0.1) is 0 Å². The molecule has 0 spiro atoms. The van der Waals surface area contributed by atoms with E-state index in [4.69, 9.17) is 0 Å². The summed E-state index contributed by atoms with van der Waals surface area (Å²) >= 11 is 0. The smallest absolute Gasteiger partial charge is 0.124 e. The maximum absolute atomic E-state index is 3.99. The average Bonchev–Trinajstić information content (AvgIpc) is 1.99. The SMILES string of the molecule is CC=NC(C)=N/C=C\NNC. The van der Waals surface area contributed by atoms with Gasteiger partial charge in [-0.2, -0.15) is 0 Å². The van der Waals surface area contributed by atoms with Crippen LogP contribution in [0.5, 0.6) is 0 Å². The van der Waals surface area contributed by atoms with Crippen LogP contribution in [-0.2, 0) is 0 Å². The minimum absolute atomic E-state index is 0.738. The molecule has 11 heavy (non-hydrogen) atoms. The molecule has 0 aliphatic rings. The third kappa shape index (κ3) is 6.73. The Kier molecular flexibility index (Phi) is 6.22. The summed E-state index contributed by atoms with van der Waals surface area (Å²) in [6.07, 6.45) is 5.03. The first kappa shape index (κ1) is 9.84. The Morgan fingerprint density at radius 2 is 2.18 bits per heavy atom. The van der Waals surface area contributed by atoms with Gasteiger partial charge in [0.15, 0.2) is 0 Å². The molecule has 0 aromatic rings. The highest BCUT2D eigenvalue weighted by Gasteiger charge is 1.76. The number of aliphatic imine (C=N–C) groups is 2. The summed E-state index contributed by atoms with van der Waals surface area (Å²) in [5.74, 6) is 0.738. The van der Waals surface area contributed by atoms with Crippen molar-refractivity contribution in [1.82, 2.24) is 10.9 Å². The highest BCUT2D eigenvalue weighted by molar-refractivity contribution is 5.87. The van der Waals surface area contributed by atoms with Gasteiger partial charge in [0.1, 0.15) is 5.84 Å². The molecule has 0 aromatic heterocycles. The van der Waals surface area contributed by atoms with E-state index in [1.54, 1.807) is 25.7 Å². The van der Waals surface area contributed by atoms with E-state index in [0.717, 1.165) is 5.84 Å². The van der Waals surface area contributed by atoms with Crippen molar-refractivity contribution in [2.24, 2.45) is 9.98 Å².